The van der Waals surface area contributed by atoms with Crippen LogP contribution in [0.25, 0.3) is 0 Å². The van der Waals surface area contributed by atoms with Gasteiger partial charge in [0.2, 0.25) is 5.88 Å². The second-order valence-electron chi connectivity index (χ2n) is 6.76. The highest BCUT2D eigenvalue weighted by atomic mass is 35.5. The van der Waals surface area contributed by atoms with Crippen molar-refractivity contribution in [1.29, 1.82) is 0 Å². The number of halogens is 7. The maximum Gasteiger partial charge on any atom is 0.417 e. The summed E-state index contributed by atoms with van der Waals surface area (Å²) in [5.74, 6) is -0.555. The molecule has 1 amide bonds. The van der Waals surface area contributed by atoms with E-state index in [9.17, 15) is 31.1 Å². The van der Waals surface area contributed by atoms with Gasteiger partial charge in [0.15, 0.2) is 6.10 Å². The van der Waals surface area contributed by atoms with E-state index in [1.54, 1.807) is 0 Å². The van der Waals surface area contributed by atoms with Gasteiger partial charge in [0.1, 0.15) is 22.3 Å². The van der Waals surface area contributed by atoms with Crippen LogP contribution < -0.4 is 14.8 Å². The van der Waals surface area contributed by atoms with Gasteiger partial charge in [-0.1, -0.05) is 11.6 Å². The molecule has 0 aliphatic carbocycles. The SMILES string of the molecule is C[C@@H](Oc1ccc(Oc2ncc(C(F)(F)F)cc2Cl)cc1)C(=O)Nc1ccc(C(F)(F)F)cn1. The van der Waals surface area contributed by atoms with Crippen molar-refractivity contribution in [3.8, 4) is 17.4 Å². The average Bonchev–Trinajstić information content (AvgIpc) is 2.75. The first-order valence-electron chi connectivity index (χ1n) is 9.34. The van der Waals surface area contributed by atoms with E-state index in [1.807, 2.05) is 0 Å². The van der Waals surface area contributed by atoms with Crippen LogP contribution in [0, 0.1) is 0 Å². The van der Waals surface area contributed by atoms with Crippen molar-refractivity contribution < 1.29 is 40.6 Å². The van der Waals surface area contributed by atoms with E-state index in [-0.39, 0.29) is 28.2 Å². The van der Waals surface area contributed by atoms with E-state index in [2.05, 4.69) is 15.3 Å². The molecule has 0 unspecified atom stereocenters. The van der Waals surface area contributed by atoms with E-state index in [0.29, 0.717) is 18.5 Å². The number of pyridine rings is 2. The minimum absolute atomic E-state index is 0.0851. The van der Waals surface area contributed by atoms with Gasteiger partial charge in [-0.25, -0.2) is 9.97 Å². The Balaban J connectivity index is 1.58. The molecule has 6 nitrogen and oxygen atoms in total. The first-order chi connectivity index (χ1) is 15.8. The fraction of sp³-hybridized carbons (Fsp3) is 0.190. The molecule has 1 aromatic carbocycles. The van der Waals surface area contributed by atoms with Crippen LogP contribution in [0.3, 0.4) is 0 Å². The van der Waals surface area contributed by atoms with Crippen LogP contribution >= 0.6 is 11.6 Å². The number of nitrogens with one attached hydrogen (secondary N) is 1. The number of nitrogens with zero attached hydrogens (tertiary/aromatic N) is 2. The van der Waals surface area contributed by atoms with Gasteiger partial charge < -0.3 is 14.8 Å². The third kappa shape index (κ3) is 6.50. The topological polar surface area (TPSA) is 73.3 Å². The highest BCUT2D eigenvalue weighted by Gasteiger charge is 2.32. The van der Waals surface area contributed by atoms with Crippen molar-refractivity contribution in [2.24, 2.45) is 0 Å². The van der Waals surface area contributed by atoms with Gasteiger partial charge in [-0.3, -0.25) is 4.79 Å². The number of amides is 1. The summed E-state index contributed by atoms with van der Waals surface area (Å²) in [7, 11) is 0. The molecule has 0 aliphatic heterocycles. The van der Waals surface area contributed by atoms with Crippen molar-refractivity contribution in [3.05, 3.63) is 71.0 Å². The standard InChI is InChI=1S/C21H14ClF6N3O3/c1-11(18(32)31-17-7-2-12(9-29-17)20(23,24)25)33-14-3-5-15(6-4-14)34-19-16(22)8-13(10-30-19)21(26,27)28/h2-11H,1H3,(H,29,31,32)/t11-/m1/s1. The predicted octanol–water partition coefficient (Wildman–Crippen LogP) is 6.37. The molecule has 3 rings (SSSR count). The van der Waals surface area contributed by atoms with Gasteiger partial charge in [-0.15, -0.1) is 0 Å². The van der Waals surface area contributed by atoms with E-state index in [0.717, 1.165) is 12.1 Å². The zero-order chi connectivity index (χ0) is 25.1. The molecule has 3 aromatic rings. The lowest BCUT2D eigenvalue weighted by Gasteiger charge is -2.15. The maximum atomic E-state index is 12.7. The Morgan fingerprint density at radius 3 is 2.03 bits per heavy atom. The lowest BCUT2D eigenvalue weighted by molar-refractivity contribution is -0.138. The Hall–Kier alpha value is -3.54. The van der Waals surface area contributed by atoms with Crippen LogP contribution in [0.15, 0.2) is 54.9 Å². The second-order valence-corrected chi connectivity index (χ2v) is 7.17. The summed E-state index contributed by atoms with van der Waals surface area (Å²) in [5.41, 5.74) is -1.97. The Morgan fingerprint density at radius 2 is 1.50 bits per heavy atom. The van der Waals surface area contributed by atoms with Gasteiger partial charge in [0.25, 0.3) is 5.91 Å². The number of ether oxygens (including phenoxy) is 2. The molecule has 0 radical (unpaired) electrons. The van der Waals surface area contributed by atoms with Crippen LogP contribution in [-0.2, 0) is 17.1 Å². The molecule has 13 heteroatoms. The van der Waals surface area contributed by atoms with Crippen molar-refractivity contribution in [3.63, 3.8) is 0 Å². The summed E-state index contributed by atoms with van der Waals surface area (Å²) >= 11 is 5.80. The number of hydrogen-bond acceptors (Lipinski definition) is 5. The maximum absolute atomic E-state index is 12.7. The number of carbonyl (C=O) groups excluding carboxylic acids is 1. The fourth-order valence-corrected chi connectivity index (χ4v) is 2.68. The molecule has 2 aromatic heterocycles. The second kappa shape index (κ2) is 9.75. The largest absolute Gasteiger partial charge is 0.481 e. The summed E-state index contributed by atoms with van der Waals surface area (Å²) in [4.78, 5) is 19.3. The summed E-state index contributed by atoms with van der Waals surface area (Å²) < 4.78 is 86.6. The molecular weight excluding hydrogens is 492 g/mol. The van der Waals surface area contributed by atoms with Crippen molar-refractivity contribution in [2.45, 2.75) is 25.4 Å². The molecule has 1 N–H and O–H groups in total. The number of hydrogen-bond donors (Lipinski definition) is 1. The van der Waals surface area contributed by atoms with E-state index in [1.165, 1.54) is 31.2 Å². The average molecular weight is 506 g/mol. The third-order valence-electron chi connectivity index (χ3n) is 4.20. The van der Waals surface area contributed by atoms with E-state index in [4.69, 9.17) is 21.1 Å². The Morgan fingerprint density at radius 1 is 0.912 bits per heavy atom. The highest BCUT2D eigenvalue weighted by molar-refractivity contribution is 6.31. The number of anilines is 1. The van der Waals surface area contributed by atoms with Crippen LogP contribution in [0.2, 0.25) is 5.02 Å². The minimum Gasteiger partial charge on any atom is -0.481 e. The predicted molar refractivity (Wildman–Crippen MR) is 109 cm³/mol. The lowest BCUT2D eigenvalue weighted by atomic mass is 10.2. The van der Waals surface area contributed by atoms with Gasteiger partial charge in [-0.05, 0) is 49.4 Å². The quantitative estimate of drug-likeness (QED) is 0.394. The summed E-state index contributed by atoms with van der Waals surface area (Å²) in [6.07, 6.45) is -9.00. The van der Waals surface area contributed by atoms with Crippen molar-refractivity contribution in [1.82, 2.24) is 9.97 Å². The highest BCUT2D eigenvalue weighted by Crippen LogP contribution is 2.35. The molecule has 0 saturated heterocycles. The van der Waals surface area contributed by atoms with Gasteiger partial charge in [-0.2, -0.15) is 26.3 Å². The summed E-state index contributed by atoms with van der Waals surface area (Å²) in [6, 6.07) is 8.15. The molecule has 34 heavy (non-hydrogen) atoms. The zero-order valence-electron chi connectivity index (χ0n) is 17.0. The minimum atomic E-state index is -4.60. The number of rotatable bonds is 6. The van der Waals surface area contributed by atoms with Crippen LogP contribution in [0.1, 0.15) is 18.1 Å². The number of alkyl halides is 6. The number of aromatic nitrogens is 2. The Kier molecular flexibility index (Phi) is 7.20. The van der Waals surface area contributed by atoms with Crippen molar-refractivity contribution >= 4 is 23.3 Å². The Labute approximate surface area is 193 Å². The van der Waals surface area contributed by atoms with E-state index >= 15 is 0 Å². The first kappa shape index (κ1) is 25.1. The molecule has 0 aliphatic rings. The third-order valence-corrected chi connectivity index (χ3v) is 4.47. The van der Waals surface area contributed by atoms with Gasteiger partial charge >= 0.3 is 12.4 Å². The zero-order valence-corrected chi connectivity index (χ0v) is 17.8. The Bertz CT molecular complexity index is 1150. The molecule has 1 atom stereocenters. The number of benzene rings is 1. The molecule has 0 saturated carbocycles. The smallest absolute Gasteiger partial charge is 0.417 e. The molecular formula is C21H14ClF6N3O3. The molecule has 0 bridgehead atoms. The van der Waals surface area contributed by atoms with E-state index < -0.39 is 35.5 Å². The van der Waals surface area contributed by atoms with Crippen LogP contribution in [0.4, 0.5) is 32.2 Å². The first-order valence-corrected chi connectivity index (χ1v) is 9.72. The lowest BCUT2D eigenvalue weighted by Crippen LogP contribution is -2.30. The number of carbonyl (C=O) groups is 1. The molecule has 0 spiro atoms. The monoisotopic (exact) mass is 505 g/mol. The van der Waals surface area contributed by atoms with Gasteiger partial charge in [0, 0.05) is 12.4 Å². The van der Waals surface area contributed by atoms with Crippen LogP contribution in [0.5, 0.6) is 17.4 Å². The molecule has 2 heterocycles. The fourth-order valence-electron chi connectivity index (χ4n) is 2.47. The molecule has 180 valence electrons. The van der Waals surface area contributed by atoms with Gasteiger partial charge in [0.05, 0.1) is 11.1 Å². The van der Waals surface area contributed by atoms with Crippen LogP contribution in [-0.4, -0.2) is 22.0 Å². The molecule has 0 fully saturated rings. The summed E-state index contributed by atoms with van der Waals surface area (Å²) in [5, 5.41) is 2.00. The summed E-state index contributed by atoms with van der Waals surface area (Å²) in [6.45, 7) is 1.41. The van der Waals surface area contributed by atoms with Crippen molar-refractivity contribution in [2.75, 3.05) is 5.32 Å². The normalized spacial score (nSPS) is 12.7.